The maximum Gasteiger partial charge on any atom is 0.265 e. The molecule has 0 unspecified atom stereocenters. The lowest BCUT2D eigenvalue weighted by Gasteiger charge is -2.36. The molecule has 4 rings (SSSR count). The number of rotatable bonds is 6. The molecule has 9 heteroatoms. The quantitative estimate of drug-likeness (QED) is 0.638. The van der Waals surface area contributed by atoms with Gasteiger partial charge in [-0.3, -0.25) is 14.5 Å². The second-order valence-electron chi connectivity index (χ2n) is 8.27. The van der Waals surface area contributed by atoms with Gasteiger partial charge in [-0.05, 0) is 50.5 Å². The Morgan fingerprint density at radius 2 is 1.69 bits per heavy atom. The maximum atomic E-state index is 13.1. The number of carbonyl (C=O) groups excluding carboxylic acids is 2. The van der Waals surface area contributed by atoms with Crippen LogP contribution in [-0.4, -0.2) is 77.3 Å². The highest BCUT2D eigenvalue weighted by atomic mass is 35.5. The summed E-state index contributed by atoms with van der Waals surface area (Å²) in [5.41, 5.74) is 0.734. The molecule has 0 spiro atoms. The lowest BCUT2D eigenvalue weighted by atomic mass is 10.1. The van der Waals surface area contributed by atoms with Crippen molar-refractivity contribution in [2.45, 2.75) is 32.8 Å². The topological polar surface area (TPSA) is 66.0 Å². The van der Waals surface area contributed by atoms with Crippen molar-refractivity contribution in [2.75, 3.05) is 45.8 Å². The van der Waals surface area contributed by atoms with E-state index in [1.807, 2.05) is 28.9 Å². The number of aromatic nitrogens is 1. The Kier molecular flexibility index (Phi) is 7.65. The van der Waals surface area contributed by atoms with Crippen LogP contribution in [0.15, 0.2) is 24.3 Å². The molecule has 2 aliphatic rings. The second-order valence-corrected chi connectivity index (χ2v) is 9.79. The van der Waals surface area contributed by atoms with Gasteiger partial charge in [0.2, 0.25) is 5.91 Å². The van der Waals surface area contributed by atoms with E-state index in [-0.39, 0.29) is 11.8 Å². The molecule has 1 aromatic carbocycles. The Hall–Kier alpha value is -2.16. The summed E-state index contributed by atoms with van der Waals surface area (Å²) in [5, 5.41) is 1.43. The maximum absolute atomic E-state index is 13.1. The highest BCUT2D eigenvalue weighted by Gasteiger charge is 2.27. The van der Waals surface area contributed by atoms with Crippen LogP contribution in [0.5, 0.6) is 5.75 Å². The SMILES string of the molecule is Cc1nc(COc2ccc(Cl)cc2)sc1C(=O)N1CCN(CC(=O)N2CCCCC2)CC1. The summed E-state index contributed by atoms with van der Waals surface area (Å²) < 4.78 is 5.76. The van der Waals surface area contributed by atoms with E-state index in [0.29, 0.717) is 41.9 Å². The standard InChI is InChI=1S/C23H29ClN4O3S/c1-17-22(32-20(25-17)16-31-19-7-5-18(24)6-8-19)23(30)28-13-11-26(12-14-28)15-21(29)27-9-3-2-4-10-27/h5-8H,2-4,9-16H2,1H3. The number of thiazole rings is 1. The molecule has 32 heavy (non-hydrogen) atoms. The van der Waals surface area contributed by atoms with Gasteiger partial charge in [-0.1, -0.05) is 11.6 Å². The average molecular weight is 477 g/mol. The van der Waals surface area contributed by atoms with Gasteiger partial charge in [0.25, 0.3) is 5.91 Å². The molecule has 0 N–H and O–H groups in total. The Morgan fingerprint density at radius 3 is 2.38 bits per heavy atom. The number of amides is 2. The average Bonchev–Trinajstić information content (AvgIpc) is 3.19. The molecule has 2 aromatic rings. The van der Waals surface area contributed by atoms with Crippen LogP contribution in [0.1, 0.15) is 39.6 Å². The van der Waals surface area contributed by atoms with Gasteiger partial charge in [0.1, 0.15) is 22.2 Å². The van der Waals surface area contributed by atoms with E-state index in [9.17, 15) is 9.59 Å². The molecular formula is C23H29ClN4O3S. The molecular weight excluding hydrogens is 448 g/mol. The number of aryl methyl sites for hydroxylation is 1. The van der Waals surface area contributed by atoms with Crippen molar-refractivity contribution in [1.82, 2.24) is 19.7 Å². The molecule has 2 amide bonds. The van der Waals surface area contributed by atoms with Crippen LogP contribution in [-0.2, 0) is 11.4 Å². The van der Waals surface area contributed by atoms with E-state index in [1.165, 1.54) is 17.8 Å². The monoisotopic (exact) mass is 476 g/mol. The third kappa shape index (κ3) is 5.79. The number of hydrogen-bond donors (Lipinski definition) is 0. The van der Waals surface area contributed by atoms with Gasteiger partial charge in [0.05, 0.1) is 12.2 Å². The molecule has 0 aliphatic carbocycles. The van der Waals surface area contributed by atoms with Crippen molar-refractivity contribution < 1.29 is 14.3 Å². The first-order valence-corrected chi connectivity index (χ1v) is 12.3. The number of piperidine rings is 1. The number of piperazine rings is 1. The zero-order valence-corrected chi connectivity index (χ0v) is 20.0. The van der Waals surface area contributed by atoms with Crippen molar-refractivity contribution in [1.29, 1.82) is 0 Å². The zero-order valence-electron chi connectivity index (χ0n) is 18.4. The smallest absolute Gasteiger partial charge is 0.265 e. The summed E-state index contributed by atoms with van der Waals surface area (Å²) in [7, 11) is 0. The van der Waals surface area contributed by atoms with Crippen LogP contribution >= 0.6 is 22.9 Å². The first-order valence-electron chi connectivity index (χ1n) is 11.1. The van der Waals surface area contributed by atoms with E-state index >= 15 is 0 Å². The van der Waals surface area contributed by atoms with Crippen LogP contribution < -0.4 is 4.74 Å². The normalized spacial score (nSPS) is 17.4. The molecule has 3 heterocycles. The summed E-state index contributed by atoms with van der Waals surface area (Å²) in [6.45, 7) is 7.08. The van der Waals surface area contributed by atoms with Gasteiger partial charge < -0.3 is 14.5 Å². The van der Waals surface area contributed by atoms with Crippen LogP contribution in [0.3, 0.4) is 0 Å². The number of benzene rings is 1. The lowest BCUT2D eigenvalue weighted by Crippen LogP contribution is -2.52. The third-order valence-electron chi connectivity index (χ3n) is 5.94. The minimum Gasteiger partial charge on any atom is -0.486 e. The number of likely N-dealkylation sites (tertiary alicyclic amines) is 1. The lowest BCUT2D eigenvalue weighted by molar-refractivity contribution is -0.133. The second kappa shape index (κ2) is 10.6. The van der Waals surface area contributed by atoms with Crippen LogP contribution in [0, 0.1) is 6.92 Å². The fourth-order valence-corrected chi connectivity index (χ4v) is 5.15. The summed E-state index contributed by atoms with van der Waals surface area (Å²) in [6.07, 6.45) is 3.43. The van der Waals surface area contributed by atoms with Crippen LogP contribution in [0.25, 0.3) is 0 Å². The highest BCUT2D eigenvalue weighted by Crippen LogP contribution is 2.23. The minimum atomic E-state index is 0.0137. The predicted molar refractivity (Wildman–Crippen MR) is 125 cm³/mol. The molecule has 172 valence electrons. The Balaban J connectivity index is 1.27. The third-order valence-corrected chi connectivity index (χ3v) is 7.31. The van der Waals surface area contributed by atoms with Gasteiger partial charge >= 0.3 is 0 Å². The molecule has 0 radical (unpaired) electrons. The van der Waals surface area contributed by atoms with E-state index < -0.39 is 0 Å². The van der Waals surface area contributed by atoms with Gasteiger partial charge in [-0.2, -0.15) is 0 Å². The zero-order chi connectivity index (χ0) is 22.5. The van der Waals surface area contributed by atoms with Crippen molar-refractivity contribution in [2.24, 2.45) is 0 Å². The summed E-state index contributed by atoms with van der Waals surface area (Å²) >= 11 is 7.29. The number of carbonyl (C=O) groups is 2. The van der Waals surface area contributed by atoms with E-state index in [1.54, 1.807) is 12.1 Å². The molecule has 7 nitrogen and oxygen atoms in total. The van der Waals surface area contributed by atoms with Gasteiger partial charge in [0, 0.05) is 44.3 Å². The van der Waals surface area contributed by atoms with E-state index in [4.69, 9.17) is 16.3 Å². The number of nitrogens with zero attached hydrogens (tertiary/aromatic N) is 4. The number of halogens is 1. The molecule has 0 saturated carbocycles. The minimum absolute atomic E-state index is 0.0137. The molecule has 2 fully saturated rings. The molecule has 2 saturated heterocycles. The largest absolute Gasteiger partial charge is 0.486 e. The van der Waals surface area contributed by atoms with Crippen LogP contribution in [0.2, 0.25) is 5.02 Å². The first-order chi connectivity index (χ1) is 15.5. The summed E-state index contributed by atoms with van der Waals surface area (Å²) in [4.78, 5) is 36.8. The van der Waals surface area contributed by atoms with Gasteiger partial charge in [0.15, 0.2) is 0 Å². The molecule has 0 atom stereocenters. The molecule has 0 bridgehead atoms. The van der Waals surface area contributed by atoms with Crippen molar-refractivity contribution >= 4 is 34.8 Å². The van der Waals surface area contributed by atoms with Gasteiger partial charge in [-0.15, -0.1) is 11.3 Å². The van der Waals surface area contributed by atoms with Gasteiger partial charge in [-0.25, -0.2) is 4.98 Å². The highest BCUT2D eigenvalue weighted by molar-refractivity contribution is 7.13. The summed E-state index contributed by atoms with van der Waals surface area (Å²) in [6, 6.07) is 7.17. The summed E-state index contributed by atoms with van der Waals surface area (Å²) in [5.74, 6) is 0.943. The molecule has 2 aliphatic heterocycles. The van der Waals surface area contributed by atoms with E-state index in [2.05, 4.69) is 9.88 Å². The Labute approximate surface area is 197 Å². The van der Waals surface area contributed by atoms with E-state index in [0.717, 1.165) is 49.7 Å². The van der Waals surface area contributed by atoms with Crippen LogP contribution in [0.4, 0.5) is 0 Å². The fourth-order valence-electron chi connectivity index (χ4n) is 4.08. The Bertz CT molecular complexity index is 935. The van der Waals surface area contributed by atoms with Crippen molar-refractivity contribution in [3.8, 4) is 5.75 Å². The fraction of sp³-hybridized carbons (Fsp3) is 0.522. The Morgan fingerprint density at radius 1 is 1.00 bits per heavy atom. The number of hydrogen-bond acceptors (Lipinski definition) is 6. The van der Waals surface area contributed by atoms with Crippen molar-refractivity contribution in [3.63, 3.8) is 0 Å². The van der Waals surface area contributed by atoms with Crippen molar-refractivity contribution in [3.05, 3.63) is 44.9 Å². The number of ether oxygens (including phenoxy) is 1. The molecule has 1 aromatic heterocycles. The predicted octanol–water partition coefficient (Wildman–Crippen LogP) is 3.45. The first kappa shape index (κ1) is 23.0.